The van der Waals surface area contributed by atoms with E-state index in [2.05, 4.69) is 28.8 Å². The van der Waals surface area contributed by atoms with Gasteiger partial charge in [0.1, 0.15) is 6.23 Å². The normalized spacial score (nSPS) is 13.8. The lowest BCUT2D eigenvalue weighted by Gasteiger charge is -2.20. The van der Waals surface area contributed by atoms with Crippen molar-refractivity contribution >= 4 is 16.9 Å². The summed E-state index contributed by atoms with van der Waals surface area (Å²) in [6.07, 6.45) is -1.52. The number of carboxylic acid groups (broad SMARTS) is 1. The largest absolute Gasteiger partial charge is 0.465 e. The van der Waals surface area contributed by atoms with Gasteiger partial charge in [0.25, 0.3) is 0 Å². The van der Waals surface area contributed by atoms with Crippen molar-refractivity contribution in [3.63, 3.8) is 0 Å². The Kier molecular flexibility index (Phi) is 5.14. The van der Waals surface area contributed by atoms with E-state index in [1.807, 2.05) is 31.2 Å². The number of amides is 1. The average Bonchev–Trinajstić information content (AvgIpc) is 2.46. The van der Waals surface area contributed by atoms with E-state index in [1.54, 1.807) is 0 Å². The topological polar surface area (TPSA) is 81.6 Å². The third-order valence-corrected chi connectivity index (χ3v) is 3.43. The average molecular weight is 288 g/mol. The van der Waals surface area contributed by atoms with Crippen LogP contribution in [-0.2, 0) is 0 Å². The van der Waals surface area contributed by atoms with E-state index in [4.69, 9.17) is 5.11 Å². The van der Waals surface area contributed by atoms with Gasteiger partial charge in [0.2, 0.25) is 0 Å². The molecule has 0 aliphatic heterocycles. The molecule has 0 aliphatic carbocycles. The van der Waals surface area contributed by atoms with Crippen LogP contribution in [0.15, 0.2) is 42.5 Å². The Morgan fingerprint density at radius 3 is 2.67 bits per heavy atom. The molecule has 112 valence electrons. The molecule has 2 aromatic carbocycles. The maximum Gasteiger partial charge on any atom is 0.404 e. The Bertz CT molecular complexity index is 610. The summed E-state index contributed by atoms with van der Waals surface area (Å²) in [4.78, 5) is 10.4. The van der Waals surface area contributed by atoms with Gasteiger partial charge in [-0.15, -0.1) is 0 Å². The van der Waals surface area contributed by atoms with Gasteiger partial charge in [0.15, 0.2) is 0 Å². The molecule has 0 aliphatic rings. The van der Waals surface area contributed by atoms with Crippen LogP contribution in [0.4, 0.5) is 4.79 Å². The van der Waals surface area contributed by atoms with Gasteiger partial charge in [-0.2, -0.15) is 0 Å². The Labute approximate surface area is 123 Å². The van der Waals surface area contributed by atoms with Crippen molar-refractivity contribution in [1.29, 1.82) is 0 Å². The van der Waals surface area contributed by atoms with E-state index >= 15 is 0 Å². The molecule has 4 N–H and O–H groups in total. The van der Waals surface area contributed by atoms with Crippen LogP contribution in [0, 0.1) is 0 Å². The van der Waals surface area contributed by atoms with Gasteiger partial charge in [-0.3, -0.25) is 5.32 Å². The van der Waals surface area contributed by atoms with Gasteiger partial charge < -0.3 is 15.5 Å². The SMILES string of the molecule is C[C@H](NC(O)CCNC(=O)O)c1cccc2ccccc12. The lowest BCUT2D eigenvalue weighted by molar-refractivity contribution is 0.115. The number of fused-ring (bicyclic) bond motifs is 1. The minimum Gasteiger partial charge on any atom is -0.465 e. The summed E-state index contributed by atoms with van der Waals surface area (Å²) >= 11 is 0. The number of benzene rings is 2. The van der Waals surface area contributed by atoms with Gasteiger partial charge in [0.05, 0.1) is 0 Å². The molecule has 1 unspecified atom stereocenters. The molecule has 2 aromatic rings. The Morgan fingerprint density at radius 1 is 1.19 bits per heavy atom. The van der Waals surface area contributed by atoms with Crippen molar-refractivity contribution in [2.75, 3.05) is 6.54 Å². The predicted octanol–water partition coefficient (Wildman–Crippen LogP) is 2.47. The molecule has 0 spiro atoms. The highest BCUT2D eigenvalue weighted by Crippen LogP contribution is 2.24. The third kappa shape index (κ3) is 4.18. The third-order valence-electron chi connectivity index (χ3n) is 3.43. The zero-order valence-electron chi connectivity index (χ0n) is 11.9. The fourth-order valence-corrected chi connectivity index (χ4v) is 2.41. The molecular formula is C16H20N2O3. The van der Waals surface area contributed by atoms with E-state index in [9.17, 15) is 9.90 Å². The summed E-state index contributed by atoms with van der Waals surface area (Å²) < 4.78 is 0. The number of rotatable bonds is 6. The molecule has 2 atom stereocenters. The van der Waals surface area contributed by atoms with Crippen LogP contribution in [0.5, 0.6) is 0 Å². The van der Waals surface area contributed by atoms with Crippen molar-refractivity contribution in [3.05, 3.63) is 48.0 Å². The fraction of sp³-hybridized carbons (Fsp3) is 0.312. The first-order valence-electron chi connectivity index (χ1n) is 6.96. The molecular weight excluding hydrogens is 268 g/mol. The summed E-state index contributed by atoms with van der Waals surface area (Å²) in [6, 6.07) is 14.1. The van der Waals surface area contributed by atoms with E-state index < -0.39 is 12.3 Å². The summed E-state index contributed by atoms with van der Waals surface area (Å²) in [7, 11) is 0. The number of carbonyl (C=O) groups is 1. The minimum atomic E-state index is -1.08. The molecule has 0 bridgehead atoms. The maximum absolute atomic E-state index is 10.4. The smallest absolute Gasteiger partial charge is 0.404 e. The Hall–Kier alpha value is -2.11. The van der Waals surface area contributed by atoms with Crippen LogP contribution in [-0.4, -0.2) is 29.1 Å². The van der Waals surface area contributed by atoms with Gasteiger partial charge in [-0.1, -0.05) is 42.5 Å². The van der Waals surface area contributed by atoms with Crippen molar-refractivity contribution in [1.82, 2.24) is 10.6 Å². The van der Waals surface area contributed by atoms with Crippen LogP contribution in [0.2, 0.25) is 0 Å². The quantitative estimate of drug-likeness (QED) is 0.615. The molecule has 0 radical (unpaired) electrons. The monoisotopic (exact) mass is 288 g/mol. The first-order valence-corrected chi connectivity index (χ1v) is 6.96. The van der Waals surface area contributed by atoms with E-state index in [-0.39, 0.29) is 12.6 Å². The van der Waals surface area contributed by atoms with Crippen LogP contribution in [0.1, 0.15) is 24.9 Å². The number of aliphatic hydroxyl groups excluding tert-OH is 1. The summed E-state index contributed by atoms with van der Waals surface area (Å²) in [5.41, 5.74) is 1.11. The van der Waals surface area contributed by atoms with Crippen molar-refractivity contribution in [2.24, 2.45) is 0 Å². The molecule has 1 amide bonds. The number of nitrogens with one attached hydrogen (secondary N) is 2. The highest BCUT2D eigenvalue weighted by Gasteiger charge is 2.13. The second-order valence-electron chi connectivity index (χ2n) is 4.99. The van der Waals surface area contributed by atoms with Crippen LogP contribution >= 0.6 is 0 Å². The zero-order valence-corrected chi connectivity index (χ0v) is 11.9. The highest BCUT2D eigenvalue weighted by atomic mass is 16.4. The molecule has 5 nitrogen and oxygen atoms in total. The molecule has 0 aromatic heterocycles. The Balaban J connectivity index is 2.01. The van der Waals surface area contributed by atoms with Crippen molar-refractivity contribution in [2.45, 2.75) is 25.6 Å². The molecule has 5 heteroatoms. The van der Waals surface area contributed by atoms with Gasteiger partial charge >= 0.3 is 6.09 Å². The van der Waals surface area contributed by atoms with Gasteiger partial charge in [-0.25, -0.2) is 4.79 Å². The van der Waals surface area contributed by atoms with Crippen LogP contribution < -0.4 is 10.6 Å². The van der Waals surface area contributed by atoms with E-state index in [1.165, 1.54) is 0 Å². The highest BCUT2D eigenvalue weighted by molar-refractivity contribution is 5.86. The lowest BCUT2D eigenvalue weighted by atomic mass is 9.99. The molecule has 0 fully saturated rings. The minimum absolute atomic E-state index is 0.0315. The zero-order chi connectivity index (χ0) is 15.2. The second kappa shape index (κ2) is 7.06. The van der Waals surface area contributed by atoms with Crippen molar-refractivity contribution < 1.29 is 15.0 Å². The molecule has 0 saturated heterocycles. The molecule has 0 heterocycles. The first-order chi connectivity index (χ1) is 10.1. The van der Waals surface area contributed by atoms with Crippen molar-refractivity contribution in [3.8, 4) is 0 Å². The molecule has 21 heavy (non-hydrogen) atoms. The lowest BCUT2D eigenvalue weighted by Crippen LogP contribution is -2.35. The van der Waals surface area contributed by atoms with E-state index in [0.29, 0.717) is 6.42 Å². The predicted molar refractivity (Wildman–Crippen MR) is 82.2 cm³/mol. The molecule has 2 rings (SSSR count). The summed E-state index contributed by atoms with van der Waals surface area (Å²) in [6.45, 7) is 2.20. The van der Waals surface area contributed by atoms with E-state index in [0.717, 1.165) is 16.3 Å². The molecule has 0 saturated carbocycles. The standard InChI is InChI=1S/C16H20N2O3/c1-11(18-15(19)9-10-17-16(20)21)13-8-4-6-12-5-2-3-7-14(12)13/h2-8,11,15,17-19H,9-10H2,1H3,(H,20,21)/t11-,15?/m0/s1. The fourth-order valence-electron chi connectivity index (χ4n) is 2.41. The summed E-state index contributed by atoms with van der Waals surface area (Å²) in [5.74, 6) is 0. The first kappa shape index (κ1) is 15.3. The number of hydrogen-bond donors (Lipinski definition) is 4. The van der Waals surface area contributed by atoms with Crippen LogP contribution in [0.25, 0.3) is 10.8 Å². The van der Waals surface area contributed by atoms with Crippen LogP contribution in [0.3, 0.4) is 0 Å². The number of hydrogen-bond acceptors (Lipinski definition) is 3. The maximum atomic E-state index is 10.4. The van der Waals surface area contributed by atoms with Gasteiger partial charge in [0, 0.05) is 19.0 Å². The van der Waals surface area contributed by atoms with Gasteiger partial charge in [-0.05, 0) is 23.3 Å². The Morgan fingerprint density at radius 2 is 1.90 bits per heavy atom. The number of aliphatic hydroxyl groups is 1. The second-order valence-corrected chi connectivity index (χ2v) is 4.99. The summed E-state index contributed by atoms with van der Waals surface area (Å²) in [5, 5.41) is 26.0.